The highest BCUT2D eigenvalue weighted by molar-refractivity contribution is 5.70. The minimum absolute atomic E-state index is 0.00811. The van der Waals surface area contributed by atoms with E-state index in [1.807, 2.05) is 0 Å². The Kier molecular flexibility index (Phi) is 4.22. The number of hydrogen-bond donors (Lipinski definition) is 3. The Morgan fingerprint density at radius 3 is 2.20 bits per heavy atom. The Morgan fingerprint density at radius 2 is 1.64 bits per heavy atom. The van der Waals surface area contributed by atoms with Crippen LogP contribution in [0.4, 0.5) is 0 Å². The summed E-state index contributed by atoms with van der Waals surface area (Å²) in [7, 11) is 4.41. The first-order valence-corrected chi connectivity index (χ1v) is 7.47. The first-order chi connectivity index (χ1) is 12.0. The predicted molar refractivity (Wildman–Crippen MR) is 90.9 cm³/mol. The van der Waals surface area contributed by atoms with Gasteiger partial charge in [-0.2, -0.15) is 0 Å². The molecule has 0 saturated carbocycles. The van der Waals surface area contributed by atoms with Crippen molar-refractivity contribution in [3.63, 3.8) is 0 Å². The van der Waals surface area contributed by atoms with Gasteiger partial charge < -0.3 is 34.3 Å². The lowest BCUT2D eigenvalue weighted by Crippen LogP contribution is -2.15. The van der Waals surface area contributed by atoms with E-state index < -0.39 is 6.10 Å². The minimum atomic E-state index is -0.845. The van der Waals surface area contributed by atoms with Gasteiger partial charge in [0.1, 0.15) is 22.8 Å². The molecule has 7 nitrogen and oxygen atoms in total. The standard InChI is InChI=1S/C18H18O7/c1-22-13-6-10(19)7-14-11(13)8-12(20)18(25-14)9-4-15(23-2)17(21)16(5-9)24-3/h4-8,18-21H,1-3H3/p+1. The Hall–Kier alpha value is -3.22. The zero-order valence-electron chi connectivity index (χ0n) is 14.0. The number of phenols is 2. The van der Waals surface area contributed by atoms with Gasteiger partial charge in [0, 0.05) is 17.7 Å². The molecule has 1 atom stereocenters. The van der Waals surface area contributed by atoms with Crippen LogP contribution >= 0.6 is 0 Å². The van der Waals surface area contributed by atoms with Crippen molar-refractivity contribution in [2.45, 2.75) is 6.10 Å². The van der Waals surface area contributed by atoms with Crippen LogP contribution < -0.4 is 14.2 Å². The van der Waals surface area contributed by atoms with E-state index in [9.17, 15) is 15.3 Å². The minimum Gasteiger partial charge on any atom is -0.584 e. The summed E-state index contributed by atoms with van der Waals surface area (Å²) in [6.07, 6.45) is 0.694. The quantitative estimate of drug-likeness (QED) is 0.735. The fourth-order valence-electron chi connectivity index (χ4n) is 2.74. The molecule has 132 valence electrons. The van der Waals surface area contributed by atoms with Crippen molar-refractivity contribution < 1.29 is 34.3 Å². The predicted octanol–water partition coefficient (Wildman–Crippen LogP) is 3.02. The molecule has 0 fully saturated rings. The van der Waals surface area contributed by atoms with Crippen molar-refractivity contribution in [2.24, 2.45) is 0 Å². The van der Waals surface area contributed by atoms with E-state index in [2.05, 4.69) is 4.74 Å². The van der Waals surface area contributed by atoms with Crippen LogP contribution in [0.25, 0.3) is 6.08 Å². The summed E-state index contributed by atoms with van der Waals surface area (Å²) in [6.45, 7) is 0. The molecule has 1 heterocycles. The van der Waals surface area contributed by atoms with Gasteiger partial charge in [-0.05, 0) is 12.1 Å². The van der Waals surface area contributed by atoms with Crippen LogP contribution in [0.2, 0.25) is 0 Å². The molecule has 0 spiro atoms. The van der Waals surface area contributed by atoms with E-state index in [-0.39, 0.29) is 28.8 Å². The number of methoxy groups -OCH3 is 2. The Balaban J connectivity index is 2.09. The topological polar surface area (TPSA) is 101 Å². The molecule has 0 aliphatic carbocycles. The van der Waals surface area contributed by atoms with Crippen molar-refractivity contribution in [1.29, 1.82) is 0 Å². The molecule has 0 radical (unpaired) electrons. The lowest BCUT2D eigenvalue weighted by Gasteiger charge is -2.25. The van der Waals surface area contributed by atoms with Crippen molar-refractivity contribution >= 4 is 6.08 Å². The smallest absolute Gasteiger partial charge is 0.269 e. The molecule has 2 aromatic rings. The maximum absolute atomic E-state index is 10.4. The van der Waals surface area contributed by atoms with Crippen molar-refractivity contribution in [1.82, 2.24) is 0 Å². The number of rotatable bonds is 4. The van der Waals surface area contributed by atoms with E-state index in [1.165, 1.54) is 32.4 Å². The second kappa shape index (κ2) is 6.35. The SMILES string of the molecule is COc1cc(C2Oc3cc(O)cc([OH+]C)c3C=C2O)cc(OC)c1O. The van der Waals surface area contributed by atoms with Crippen molar-refractivity contribution in [3.05, 3.63) is 41.2 Å². The summed E-state index contributed by atoms with van der Waals surface area (Å²) in [5.41, 5.74) is 1.09. The second-order valence-corrected chi connectivity index (χ2v) is 5.44. The van der Waals surface area contributed by atoms with E-state index in [0.29, 0.717) is 22.6 Å². The molecular formula is C18H19O7+. The van der Waals surface area contributed by atoms with Gasteiger partial charge in [-0.1, -0.05) is 0 Å². The maximum Gasteiger partial charge on any atom is 0.269 e. The maximum atomic E-state index is 10.4. The van der Waals surface area contributed by atoms with Gasteiger partial charge >= 0.3 is 0 Å². The molecule has 25 heavy (non-hydrogen) atoms. The number of aliphatic hydroxyl groups is 2. The third-order valence-electron chi connectivity index (χ3n) is 3.96. The fraction of sp³-hybridized carbons (Fsp3) is 0.222. The molecule has 0 bridgehead atoms. The van der Waals surface area contributed by atoms with Crippen LogP contribution in [0.1, 0.15) is 17.2 Å². The van der Waals surface area contributed by atoms with Crippen molar-refractivity contribution in [3.8, 4) is 34.5 Å². The van der Waals surface area contributed by atoms with Crippen LogP contribution in [0.15, 0.2) is 30.0 Å². The molecule has 0 amide bonds. The molecule has 7 heteroatoms. The van der Waals surface area contributed by atoms with E-state index in [1.54, 1.807) is 19.2 Å². The third kappa shape index (κ3) is 2.84. The molecular weight excluding hydrogens is 328 g/mol. The number of phenolic OH excluding ortho intramolecular Hbond substituents is 2. The van der Waals surface area contributed by atoms with E-state index in [0.717, 1.165) is 0 Å². The number of hydrogen-bond acceptors (Lipinski definition) is 6. The largest absolute Gasteiger partial charge is 0.584 e. The van der Waals surface area contributed by atoms with Gasteiger partial charge in [0.25, 0.3) is 5.75 Å². The highest BCUT2D eigenvalue weighted by Crippen LogP contribution is 2.46. The lowest BCUT2D eigenvalue weighted by atomic mass is 10.0. The highest BCUT2D eigenvalue weighted by atomic mass is 16.5. The van der Waals surface area contributed by atoms with Crippen LogP contribution in [0.3, 0.4) is 0 Å². The Morgan fingerprint density at radius 1 is 1.00 bits per heavy atom. The van der Waals surface area contributed by atoms with Gasteiger partial charge in [0.2, 0.25) is 5.75 Å². The molecule has 0 saturated heterocycles. The lowest BCUT2D eigenvalue weighted by molar-refractivity contribution is 0.129. The van der Waals surface area contributed by atoms with E-state index >= 15 is 0 Å². The average molecular weight is 347 g/mol. The summed E-state index contributed by atoms with van der Waals surface area (Å²) in [4.78, 5) is 0. The van der Waals surface area contributed by atoms with Gasteiger partial charge in [-0.15, -0.1) is 0 Å². The molecule has 1 aliphatic rings. The van der Waals surface area contributed by atoms with E-state index in [4.69, 9.17) is 14.2 Å². The zero-order valence-corrected chi connectivity index (χ0v) is 14.0. The van der Waals surface area contributed by atoms with Crippen LogP contribution in [-0.4, -0.2) is 41.4 Å². The fourth-order valence-corrected chi connectivity index (χ4v) is 2.74. The molecule has 0 aromatic heterocycles. The summed E-state index contributed by atoms with van der Waals surface area (Å²) >= 11 is 0. The molecule has 1 unspecified atom stereocenters. The summed E-state index contributed by atoms with van der Waals surface area (Å²) in [5, 5.41) is 30.3. The van der Waals surface area contributed by atoms with Crippen molar-refractivity contribution in [2.75, 3.05) is 21.3 Å². The molecule has 4 N–H and O–H groups in total. The first kappa shape index (κ1) is 16.6. The molecule has 2 aromatic carbocycles. The number of aromatic hydroxyl groups is 3. The molecule has 3 rings (SSSR count). The van der Waals surface area contributed by atoms with Crippen LogP contribution in [-0.2, 0) is 0 Å². The van der Waals surface area contributed by atoms with Gasteiger partial charge in [-0.25, -0.2) is 0 Å². The van der Waals surface area contributed by atoms with Gasteiger partial charge in [-0.3, -0.25) is 0 Å². The van der Waals surface area contributed by atoms with Gasteiger partial charge in [0.15, 0.2) is 24.7 Å². The molecule has 1 aliphatic heterocycles. The van der Waals surface area contributed by atoms with Gasteiger partial charge in [0.05, 0.1) is 20.3 Å². The highest BCUT2D eigenvalue weighted by Gasteiger charge is 2.30. The third-order valence-corrected chi connectivity index (χ3v) is 3.96. The monoisotopic (exact) mass is 347 g/mol. The normalized spacial score (nSPS) is 15.6. The number of aliphatic hydroxyl groups excluding tert-OH is 1. The number of benzene rings is 2. The number of ether oxygens (including phenoxy) is 4. The summed E-state index contributed by atoms with van der Waals surface area (Å²) in [6, 6.07) is 6.03. The first-order valence-electron chi connectivity index (χ1n) is 7.47. The van der Waals surface area contributed by atoms with Crippen LogP contribution in [0, 0.1) is 0 Å². The summed E-state index contributed by atoms with van der Waals surface area (Å²) < 4.78 is 20.2. The second-order valence-electron chi connectivity index (χ2n) is 5.44. The van der Waals surface area contributed by atoms with Crippen LogP contribution in [0.5, 0.6) is 34.5 Å². The number of fused-ring (bicyclic) bond motifs is 1. The Bertz CT molecular complexity index is 817. The zero-order chi connectivity index (χ0) is 18.1. The average Bonchev–Trinajstić information content (AvgIpc) is 2.61. The summed E-state index contributed by atoms with van der Waals surface area (Å²) in [5.74, 6) is 1.09. The Labute approximate surface area is 144 Å².